The number of para-hydroxylation sites is 1. The molecule has 0 bridgehead atoms. The van der Waals surface area contributed by atoms with E-state index in [1.165, 1.54) is 0 Å². The number of likely N-dealkylation sites (N-methyl/N-ethyl adjacent to an activating group) is 1. The zero-order valence-corrected chi connectivity index (χ0v) is 18.1. The molecule has 0 N–H and O–H groups in total. The van der Waals surface area contributed by atoms with Gasteiger partial charge in [-0.1, -0.05) is 55.5 Å². The maximum atomic E-state index is 13.5. The van der Waals surface area contributed by atoms with Gasteiger partial charge in [-0.05, 0) is 43.4 Å². The highest BCUT2D eigenvalue weighted by atomic mass is 16.6. The van der Waals surface area contributed by atoms with Crippen LogP contribution in [0.5, 0.6) is 0 Å². The summed E-state index contributed by atoms with van der Waals surface area (Å²) in [7, 11) is 1.97. The molecule has 0 unspecified atom stereocenters. The SMILES string of the molecule is CCOC(=O)C1(C(=O)OCC)C[C@H](c2ccccc2)[C@@]2(C)c3ccccc3N(C)[C@@H]12. The van der Waals surface area contributed by atoms with Crippen LogP contribution in [0.4, 0.5) is 5.69 Å². The standard InChI is InChI=1S/C25H29NO4/c1-5-29-22(27)25(23(28)30-6-2)16-19(17-12-8-7-9-13-17)24(3)18-14-10-11-15-20(18)26(4)21(24)25/h7-15,19,21H,5-6,16H2,1-4H3/t19-,21-,24-/m1/s1. The van der Waals surface area contributed by atoms with Crippen LogP contribution in [0, 0.1) is 5.41 Å². The molecule has 4 rings (SSSR count). The Labute approximate surface area is 178 Å². The summed E-state index contributed by atoms with van der Waals surface area (Å²) in [4.78, 5) is 29.1. The Bertz CT molecular complexity index is 939. The highest BCUT2D eigenvalue weighted by Gasteiger charge is 2.73. The molecule has 2 aromatic carbocycles. The summed E-state index contributed by atoms with van der Waals surface area (Å²) in [5, 5.41) is 0. The quantitative estimate of drug-likeness (QED) is 0.553. The van der Waals surface area contributed by atoms with Gasteiger partial charge in [0.05, 0.1) is 19.3 Å². The maximum Gasteiger partial charge on any atom is 0.325 e. The average molecular weight is 408 g/mol. The Morgan fingerprint density at radius 2 is 1.53 bits per heavy atom. The zero-order valence-electron chi connectivity index (χ0n) is 18.1. The van der Waals surface area contributed by atoms with Crippen LogP contribution >= 0.6 is 0 Å². The molecular formula is C25H29NO4. The largest absolute Gasteiger partial charge is 0.465 e. The van der Waals surface area contributed by atoms with Crippen LogP contribution < -0.4 is 4.90 Å². The summed E-state index contributed by atoms with van der Waals surface area (Å²) < 4.78 is 11.0. The predicted molar refractivity (Wildman–Crippen MR) is 115 cm³/mol. The van der Waals surface area contributed by atoms with Crippen LogP contribution in [0.25, 0.3) is 0 Å². The Kier molecular flexibility index (Phi) is 5.08. The molecule has 1 heterocycles. The van der Waals surface area contributed by atoms with E-state index in [1.54, 1.807) is 13.8 Å². The molecule has 5 nitrogen and oxygen atoms in total. The third-order valence-electron chi connectivity index (χ3n) is 7.02. The molecule has 2 aliphatic rings. The van der Waals surface area contributed by atoms with Gasteiger partial charge >= 0.3 is 11.9 Å². The van der Waals surface area contributed by atoms with Gasteiger partial charge in [-0.15, -0.1) is 0 Å². The van der Waals surface area contributed by atoms with Crippen LogP contribution in [-0.4, -0.2) is 38.2 Å². The van der Waals surface area contributed by atoms with Gasteiger partial charge in [-0.25, -0.2) is 0 Å². The predicted octanol–water partition coefficient (Wildman–Crippen LogP) is 4.06. The van der Waals surface area contributed by atoms with Crippen LogP contribution in [0.3, 0.4) is 0 Å². The van der Waals surface area contributed by atoms with Crippen LogP contribution in [0.2, 0.25) is 0 Å². The Balaban J connectivity index is 1.98. The van der Waals surface area contributed by atoms with E-state index in [-0.39, 0.29) is 19.1 Å². The number of rotatable bonds is 5. The van der Waals surface area contributed by atoms with Gasteiger partial charge in [0.15, 0.2) is 5.41 Å². The van der Waals surface area contributed by atoms with Crippen molar-refractivity contribution in [2.75, 3.05) is 25.2 Å². The van der Waals surface area contributed by atoms with Gasteiger partial charge in [0.1, 0.15) is 0 Å². The van der Waals surface area contributed by atoms with Gasteiger partial charge in [0.25, 0.3) is 0 Å². The number of esters is 2. The molecule has 2 aromatic rings. The van der Waals surface area contributed by atoms with E-state index in [0.29, 0.717) is 6.42 Å². The average Bonchev–Trinajstić information content (AvgIpc) is 3.17. The van der Waals surface area contributed by atoms with Crippen molar-refractivity contribution < 1.29 is 19.1 Å². The van der Waals surface area contributed by atoms with Gasteiger partial charge in [-0.2, -0.15) is 0 Å². The molecule has 5 heteroatoms. The van der Waals surface area contributed by atoms with Crippen molar-refractivity contribution in [3.8, 4) is 0 Å². The van der Waals surface area contributed by atoms with E-state index in [4.69, 9.17) is 9.47 Å². The number of nitrogens with zero attached hydrogens (tertiary/aromatic N) is 1. The first kappa shape index (κ1) is 20.5. The number of carbonyl (C=O) groups excluding carboxylic acids is 2. The second-order valence-corrected chi connectivity index (χ2v) is 8.39. The fourth-order valence-electron chi connectivity index (χ4n) is 5.93. The minimum absolute atomic E-state index is 0.0383. The third-order valence-corrected chi connectivity index (χ3v) is 7.02. The fraction of sp³-hybridized carbons (Fsp3) is 0.440. The van der Waals surface area contributed by atoms with E-state index >= 15 is 0 Å². The fourth-order valence-corrected chi connectivity index (χ4v) is 5.93. The molecule has 1 aliphatic carbocycles. The van der Waals surface area contributed by atoms with Gasteiger partial charge in [-0.3, -0.25) is 9.59 Å². The molecule has 1 fully saturated rings. The molecule has 1 aliphatic heterocycles. The summed E-state index contributed by atoms with van der Waals surface area (Å²) in [6.07, 6.45) is 0.356. The summed E-state index contributed by atoms with van der Waals surface area (Å²) in [5.41, 5.74) is 1.47. The first-order chi connectivity index (χ1) is 14.4. The lowest BCUT2D eigenvalue weighted by atomic mass is 9.69. The zero-order chi connectivity index (χ0) is 21.5. The van der Waals surface area contributed by atoms with E-state index in [1.807, 2.05) is 37.4 Å². The van der Waals surface area contributed by atoms with E-state index < -0.39 is 28.8 Å². The highest BCUT2D eigenvalue weighted by molar-refractivity contribution is 6.03. The minimum Gasteiger partial charge on any atom is -0.465 e. The van der Waals surface area contributed by atoms with Crippen molar-refractivity contribution in [1.82, 2.24) is 0 Å². The van der Waals surface area contributed by atoms with Crippen molar-refractivity contribution in [3.63, 3.8) is 0 Å². The second kappa shape index (κ2) is 7.46. The van der Waals surface area contributed by atoms with E-state index in [0.717, 1.165) is 16.8 Å². The lowest BCUT2D eigenvalue weighted by molar-refractivity contribution is -0.173. The van der Waals surface area contributed by atoms with Crippen molar-refractivity contribution in [2.45, 2.75) is 44.6 Å². The summed E-state index contributed by atoms with van der Waals surface area (Å²) in [6, 6.07) is 18.0. The molecule has 0 saturated heterocycles. The van der Waals surface area contributed by atoms with E-state index in [2.05, 4.69) is 36.1 Å². The van der Waals surface area contributed by atoms with Gasteiger partial charge in [0, 0.05) is 18.2 Å². The first-order valence-corrected chi connectivity index (χ1v) is 10.6. The van der Waals surface area contributed by atoms with Crippen LogP contribution in [-0.2, 0) is 24.5 Å². The summed E-state index contributed by atoms with van der Waals surface area (Å²) in [6.45, 7) is 6.16. The number of ether oxygens (including phenoxy) is 2. The molecule has 3 atom stereocenters. The lowest BCUT2D eigenvalue weighted by Gasteiger charge is -2.39. The molecule has 0 radical (unpaired) electrons. The Morgan fingerprint density at radius 3 is 2.13 bits per heavy atom. The molecule has 0 aromatic heterocycles. The lowest BCUT2D eigenvalue weighted by Crippen LogP contribution is -2.56. The third kappa shape index (κ3) is 2.60. The highest BCUT2D eigenvalue weighted by Crippen LogP contribution is 2.66. The summed E-state index contributed by atoms with van der Waals surface area (Å²) >= 11 is 0. The van der Waals surface area contributed by atoms with Crippen molar-refractivity contribution >= 4 is 17.6 Å². The second-order valence-electron chi connectivity index (χ2n) is 8.39. The number of hydrogen-bond acceptors (Lipinski definition) is 5. The van der Waals surface area contributed by atoms with Gasteiger partial charge in [0.2, 0.25) is 0 Å². The number of carbonyl (C=O) groups is 2. The number of benzene rings is 2. The number of fused-ring (bicyclic) bond motifs is 3. The molecular weight excluding hydrogens is 378 g/mol. The van der Waals surface area contributed by atoms with Crippen molar-refractivity contribution in [2.24, 2.45) is 5.41 Å². The molecule has 30 heavy (non-hydrogen) atoms. The van der Waals surface area contributed by atoms with Crippen LogP contribution in [0.15, 0.2) is 54.6 Å². The molecule has 158 valence electrons. The Hall–Kier alpha value is -2.82. The number of hydrogen-bond donors (Lipinski definition) is 0. The number of anilines is 1. The van der Waals surface area contributed by atoms with Crippen molar-refractivity contribution in [1.29, 1.82) is 0 Å². The molecule has 0 spiro atoms. The van der Waals surface area contributed by atoms with Gasteiger partial charge < -0.3 is 14.4 Å². The topological polar surface area (TPSA) is 55.8 Å². The normalized spacial score (nSPS) is 26.1. The monoisotopic (exact) mass is 407 g/mol. The Morgan fingerprint density at radius 1 is 0.967 bits per heavy atom. The smallest absolute Gasteiger partial charge is 0.325 e. The van der Waals surface area contributed by atoms with E-state index in [9.17, 15) is 9.59 Å². The van der Waals surface area contributed by atoms with Crippen LogP contribution in [0.1, 0.15) is 44.2 Å². The summed E-state index contributed by atoms with van der Waals surface area (Å²) in [5.74, 6) is -1.01. The first-order valence-electron chi connectivity index (χ1n) is 10.6. The minimum atomic E-state index is -1.39. The molecule has 0 amide bonds. The maximum absolute atomic E-state index is 13.5. The molecule has 1 saturated carbocycles. The van der Waals surface area contributed by atoms with Crippen molar-refractivity contribution in [3.05, 3.63) is 65.7 Å².